The third-order valence-electron chi connectivity index (χ3n) is 5.52. The van der Waals surface area contributed by atoms with Gasteiger partial charge < -0.3 is 11.1 Å². The number of carbonyl (C=O) groups is 4. The second-order valence-corrected chi connectivity index (χ2v) is 8.26. The lowest BCUT2D eigenvalue weighted by molar-refractivity contribution is -0.146. The van der Waals surface area contributed by atoms with Gasteiger partial charge in [-0.2, -0.15) is 11.8 Å². The molecule has 0 unspecified atom stereocenters. The Kier molecular flexibility index (Phi) is 6.39. The molecule has 1 saturated carbocycles. The van der Waals surface area contributed by atoms with Gasteiger partial charge in [0.15, 0.2) is 0 Å². The van der Waals surface area contributed by atoms with E-state index in [4.69, 9.17) is 5.73 Å². The standard InChI is InChI=1S/C20H25N3O4S/c1-28-11-10-16(18(25)22-13-8-6-12(7-9-13)17(21)24)23-19(26)14-4-2-3-5-15(14)20(23)27/h6-9,14-16H,2-5,10-11H2,1H3,(H2,21,24)(H,22,25)/t14-,15-,16-/m1/s1. The first-order valence-electron chi connectivity index (χ1n) is 9.50. The number of fused-ring (bicyclic) bond motifs is 1. The Bertz CT molecular complexity index is 756. The highest BCUT2D eigenvalue weighted by Gasteiger charge is 2.51. The molecule has 4 amide bonds. The minimum absolute atomic E-state index is 0.208. The number of nitrogens with one attached hydrogen (secondary N) is 1. The van der Waals surface area contributed by atoms with Gasteiger partial charge in [0.25, 0.3) is 0 Å². The third kappa shape index (κ3) is 4.06. The summed E-state index contributed by atoms with van der Waals surface area (Å²) in [4.78, 5) is 51.2. The van der Waals surface area contributed by atoms with Gasteiger partial charge in [-0.1, -0.05) is 12.8 Å². The zero-order chi connectivity index (χ0) is 20.3. The molecule has 0 bridgehead atoms. The van der Waals surface area contributed by atoms with Crippen LogP contribution in [0.25, 0.3) is 0 Å². The number of thioether (sulfide) groups is 1. The van der Waals surface area contributed by atoms with Crippen molar-refractivity contribution in [2.45, 2.75) is 38.1 Å². The lowest BCUT2D eigenvalue weighted by Gasteiger charge is -2.26. The van der Waals surface area contributed by atoms with Crippen molar-refractivity contribution in [2.75, 3.05) is 17.3 Å². The van der Waals surface area contributed by atoms with E-state index < -0.39 is 11.9 Å². The monoisotopic (exact) mass is 403 g/mol. The second kappa shape index (κ2) is 8.77. The number of primary amides is 1. The Morgan fingerprint density at radius 3 is 2.21 bits per heavy atom. The van der Waals surface area contributed by atoms with Crippen LogP contribution in [-0.4, -0.2) is 46.6 Å². The van der Waals surface area contributed by atoms with Crippen LogP contribution in [0.2, 0.25) is 0 Å². The molecule has 1 aromatic carbocycles. The molecule has 3 atom stereocenters. The molecule has 1 saturated heterocycles. The number of benzene rings is 1. The molecule has 2 aliphatic rings. The van der Waals surface area contributed by atoms with Crippen LogP contribution in [-0.2, 0) is 14.4 Å². The number of likely N-dealkylation sites (tertiary alicyclic amines) is 1. The largest absolute Gasteiger partial charge is 0.366 e. The van der Waals surface area contributed by atoms with Crippen LogP contribution in [0.4, 0.5) is 5.69 Å². The molecule has 3 rings (SSSR count). The SMILES string of the molecule is CSCC[C@H](C(=O)Nc1ccc(C(N)=O)cc1)N1C(=O)[C@@H]2CCCC[C@H]2C1=O. The molecule has 3 N–H and O–H groups in total. The Labute approximate surface area is 168 Å². The summed E-state index contributed by atoms with van der Waals surface area (Å²) in [5.41, 5.74) is 6.05. The maximum absolute atomic E-state index is 13.0. The fourth-order valence-electron chi connectivity index (χ4n) is 4.05. The molecule has 7 nitrogen and oxygen atoms in total. The molecule has 8 heteroatoms. The zero-order valence-corrected chi connectivity index (χ0v) is 16.7. The van der Waals surface area contributed by atoms with E-state index in [0.29, 0.717) is 23.4 Å². The van der Waals surface area contributed by atoms with Crippen molar-refractivity contribution in [3.05, 3.63) is 29.8 Å². The number of amides is 4. The van der Waals surface area contributed by atoms with Crippen molar-refractivity contribution >= 4 is 41.1 Å². The van der Waals surface area contributed by atoms with E-state index >= 15 is 0 Å². The van der Waals surface area contributed by atoms with Crippen LogP contribution in [0.1, 0.15) is 42.5 Å². The number of hydrogen-bond acceptors (Lipinski definition) is 5. The zero-order valence-electron chi connectivity index (χ0n) is 15.8. The highest BCUT2D eigenvalue weighted by Crippen LogP contribution is 2.39. The lowest BCUT2D eigenvalue weighted by Crippen LogP contribution is -2.48. The molecule has 1 aliphatic heterocycles. The van der Waals surface area contributed by atoms with Gasteiger partial charge in [-0.3, -0.25) is 24.1 Å². The van der Waals surface area contributed by atoms with Gasteiger partial charge >= 0.3 is 0 Å². The fourth-order valence-corrected chi connectivity index (χ4v) is 4.50. The van der Waals surface area contributed by atoms with E-state index in [0.717, 1.165) is 25.7 Å². The Hall–Kier alpha value is -2.35. The van der Waals surface area contributed by atoms with Crippen LogP contribution >= 0.6 is 11.8 Å². The first-order chi connectivity index (χ1) is 13.4. The molecule has 0 aromatic heterocycles. The molecular weight excluding hydrogens is 378 g/mol. The molecular formula is C20H25N3O4S. The quantitative estimate of drug-likeness (QED) is 0.677. The number of nitrogens with zero attached hydrogens (tertiary/aromatic N) is 1. The average Bonchev–Trinajstić information content (AvgIpc) is 2.94. The maximum Gasteiger partial charge on any atom is 0.248 e. The second-order valence-electron chi connectivity index (χ2n) is 7.27. The lowest BCUT2D eigenvalue weighted by atomic mass is 9.81. The number of anilines is 1. The van der Waals surface area contributed by atoms with E-state index in [-0.39, 0.29) is 29.6 Å². The normalized spacial score (nSPS) is 22.7. The summed E-state index contributed by atoms with van der Waals surface area (Å²) in [5.74, 6) is -1.25. The summed E-state index contributed by atoms with van der Waals surface area (Å²) in [5, 5.41) is 2.77. The number of imide groups is 1. The molecule has 2 fully saturated rings. The molecule has 1 aromatic rings. The summed E-state index contributed by atoms with van der Waals surface area (Å²) >= 11 is 1.56. The van der Waals surface area contributed by atoms with Crippen LogP contribution in [0.5, 0.6) is 0 Å². The van der Waals surface area contributed by atoms with Gasteiger partial charge in [0.1, 0.15) is 6.04 Å². The summed E-state index contributed by atoms with van der Waals surface area (Å²) < 4.78 is 0. The minimum Gasteiger partial charge on any atom is -0.366 e. The first kappa shape index (κ1) is 20.4. The van der Waals surface area contributed by atoms with E-state index in [9.17, 15) is 19.2 Å². The first-order valence-corrected chi connectivity index (χ1v) is 10.9. The Morgan fingerprint density at radius 2 is 1.71 bits per heavy atom. The van der Waals surface area contributed by atoms with E-state index in [1.165, 1.54) is 17.0 Å². The topological polar surface area (TPSA) is 110 Å². The predicted molar refractivity (Wildman–Crippen MR) is 108 cm³/mol. The van der Waals surface area contributed by atoms with E-state index in [1.54, 1.807) is 23.9 Å². The summed E-state index contributed by atoms with van der Waals surface area (Å²) in [6, 6.07) is 5.38. The van der Waals surface area contributed by atoms with Gasteiger partial charge in [-0.05, 0) is 55.5 Å². The van der Waals surface area contributed by atoms with Crippen molar-refractivity contribution in [1.82, 2.24) is 4.90 Å². The molecule has 0 spiro atoms. The maximum atomic E-state index is 13.0. The Balaban J connectivity index is 1.79. The number of hydrogen-bond donors (Lipinski definition) is 2. The molecule has 1 aliphatic carbocycles. The van der Waals surface area contributed by atoms with Gasteiger partial charge in [0.2, 0.25) is 23.6 Å². The molecule has 28 heavy (non-hydrogen) atoms. The van der Waals surface area contributed by atoms with Crippen molar-refractivity contribution in [2.24, 2.45) is 17.6 Å². The third-order valence-corrected chi connectivity index (χ3v) is 6.17. The predicted octanol–water partition coefficient (Wildman–Crippen LogP) is 2.02. The number of nitrogens with two attached hydrogens (primary N) is 1. The van der Waals surface area contributed by atoms with E-state index in [1.807, 2.05) is 6.26 Å². The minimum atomic E-state index is -0.825. The van der Waals surface area contributed by atoms with Gasteiger partial charge in [-0.15, -0.1) is 0 Å². The van der Waals surface area contributed by atoms with E-state index in [2.05, 4.69) is 5.32 Å². The van der Waals surface area contributed by atoms with Crippen LogP contribution in [0.3, 0.4) is 0 Å². The number of rotatable bonds is 7. The van der Waals surface area contributed by atoms with Crippen molar-refractivity contribution < 1.29 is 19.2 Å². The molecule has 0 radical (unpaired) electrons. The van der Waals surface area contributed by atoms with Crippen molar-refractivity contribution in [3.8, 4) is 0 Å². The van der Waals surface area contributed by atoms with Gasteiger partial charge in [0, 0.05) is 11.3 Å². The summed E-state index contributed by atoms with van der Waals surface area (Å²) in [7, 11) is 0. The van der Waals surface area contributed by atoms with Crippen LogP contribution in [0, 0.1) is 11.8 Å². The fraction of sp³-hybridized carbons (Fsp3) is 0.500. The summed E-state index contributed by atoms with van der Waals surface area (Å²) in [6.45, 7) is 0. The number of carbonyl (C=O) groups excluding carboxylic acids is 4. The van der Waals surface area contributed by atoms with Crippen molar-refractivity contribution in [3.63, 3.8) is 0 Å². The van der Waals surface area contributed by atoms with Crippen molar-refractivity contribution in [1.29, 1.82) is 0 Å². The van der Waals surface area contributed by atoms with Crippen LogP contribution < -0.4 is 11.1 Å². The highest BCUT2D eigenvalue weighted by molar-refractivity contribution is 7.98. The summed E-state index contributed by atoms with van der Waals surface area (Å²) in [6.07, 6.45) is 5.66. The molecule has 150 valence electrons. The molecule has 1 heterocycles. The van der Waals surface area contributed by atoms with Gasteiger partial charge in [0.05, 0.1) is 11.8 Å². The van der Waals surface area contributed by atoms with Gasteiger partial charge in [-0.25, -0.2) is 0 Å². The van der Waals surface area contributed by atoms with Crippen LogP contribution in [0.15, 0.2) is 24.3 Å². The smallest absolute Gasteiger partial charge is 0.248 e. The Morgan fingerprint density at radius 1 is 1.14 bits per heavy atom. The average molecular weight is 404 g/mol. The highest BCUT2D eigenvalue weighted by atomic mass is 32.2.